The minimum Gasteiger partial charge on any atom is -0.748 e. The van der Waals surface area contributed by atoms with Crippen molar-refractivity contribution in [1.29, 1.82) is 0 Å². The summed E-state index contributed by atoms with van der Waals surface area (Å²) >= 11 is 0. The van der Waals surface area contributed by atoms with Gasteiger partial charge in [0.25, 0.3) is 5.92 Å². The third-order valence-electron chi connectivity index (χ3n) is 0.905. The Morgan fingerprint density at radius 3 is 2.00 bits per heavy atom. The molecule has 10 heavy (non-hydrogen) atoms. The Kier molecular flexibility index (Phi) is 2.73. The van der Waals surface area contributed by atoms with Crippen LogP contribution in [0.1, 0.15) is 13.3 Å². The second-order valence-corrected chi connectivity index (χ2v) is 3.32. The van der Waals surface area contributed by atoms with Crippen LogP contribution in [0.2, 0.25) is 0 Å². The molecule has 0 saturated heterocycles. The van der Waals surface area contributed by atoms with Gasteiger partial charge in [-0.25, -0.2) is 17.2 Å². The molecule has 0 rings (SSSR count). The molecule has 3 nitrogen and oxygen atoms in total. The van der Waals surface area contributed by atoms with Gasteiger partial charge >= 0.3 is 0 Å². The van der Waals surface area contributed by atoms with Crippen LogP contribution in [0.15, 0.2) is 0 Å². The van der Waals surface area contributed by atoms with Gasteiger partial charge in [0.05, 0.1) is 0 Å². The summed E-state index contributed by atoms with van der Waals surface area (Å²) in [5, 5.41) is 0. The van der Waals surface area contributed by atoms with Crippen molar-refractivity contribution in [1.82, 2.24) is 0 Å². The van der Waals surface area contributed by atoms with Crippen molar-refractivity contribution in [3.05, 3.63) is 0 Å². The minimum atomic E-state index is -4.79. The van der Waals surface area contributed by atoms with E-state index < -0.39 is 28.2 Å². The number of hydrogen-bond donors (Lipinski definition) is 0. The summed E-state index contributed by atoms with van der Waals surface area (Å²) in [6.07, 6.45) is -0.630. The molecule has 0 aromatic heterocycles. The quantitative estimate of drug-likeness (QED) is 0.586. The van der Waals surface area contributed by atoms with Gasteiger partial charge in [0, 0.05) is 6.42 Å². The maximum absolute atomic E-state index is 12.1. The van der Waals surface area contributed by atoms with Crippen LogP contribution in [0.4, 0.5) is 8.78 Å². The molecule has 0 atom stereocenters. The Morgan fingerprint density at radius 1 is 1.50 bits per heavy atom. The highest BCUT2D eigenvalue weighted by Crippen LogP contribution is 2.18. The van der Waals surface area contributed by atoms with E-state index in [1.165, 1.54) is 0 Å². The van der Waals surface area contributed by atoms with E-state index in [0.717, 1.165) is 6.92 Å². The predicted octanol–water partition coefficient (Wildman–Crippen LogP) is 0.577. The molecule has 0 unspecified atom stereocenters. The summed E-state index contributed by atoms with van der Waals surface area (Å²) in [7, 11) is -4.79. The van der Waals surface area contributed by atoms with Crippen molar-refractivity contribution in [3.8, 4) is 0 Å². The van der Waals surface area contributed by atoms with Gasteiger partial charge in [0.15, 0.2) is 0 Å². The maximum atomic E-state index is 12.1. The van der Waals surface area contributed by atoms with Gasteiger partial charge in [-0.3, -0.25) is 0 Å². The van der Waals surface area contributed by atoms with E-state index in [1.54, 1.807) is 0 Å². The van der Waals surface area contributed by atoms with Crippen LogP contribution in [0.25, 0.3) is 0 Å². The summed E-state index contributed by atoms with van der Waals surface area (Å²) < 4.78 is 53.4. The topological polar surface area (TPSA) is 57.2 Å². The molecule has 0 amide bonds. The van der Waals surface area contributed by atoms with Gasteiger partial charge in [-0.2, -0.15) is 0 Å². The van der Waals surface area contributed by atoms with E-state index in [4.69, 9.17) is 0 Å². The summed E-state index contributed by atoms with van der Waals surface area (Å²) in [6.45, 7) is 1.12. The normalized spacial score (nSPS) is 13.6. The summed E-state index contributed by atoms with van der Waals surface area (Å²) in [4.78, 5) is 0. The Labute approximate surface area is 57.8 Å². The van der Waals surface area contributed by atoms with Crippen molar-refractivity contribution in [2.24, 2.45) is 0 Å². The van der Waals surface area contributed by atoms with Crippen molar-refractivity contribution in [2.45, 2.75) is 19.3 Å². The highest BCUT2D eigenvalue weighted by Gasteiger charge is 2.28. The van der Waals surface area contributed by atoms with Gasteiger partial charge in [0.1, 0.15) is 15.9 Å². The molecular weight excluding hydrogens is 166 g/mol. The van der Waals surface area contributed by atoms with Gasteiger partial charge in [0.2, 0.25) is 0 Å². The van der Waals surface area contributed by atoms with E-state index in [1.807, 2.05) is 0 Å². The fraction of sp³-hybridized carbons (Fsp3) is 1.00. The molecule has 0 fully saturated rings. The molecule has 0 bridgehead atoms. The second-order valence-electron chi connectivity index (χ2n) is 1.91. The van der Waals surface area contributed by atoms with Crippen molar-refractivity contribution < 1.29 is 21.8 Å². The average Bonchev–Trinajstić information content (AvgIpc) is 1.60. The highest BCUT2D eigenvalue weighted by molar-refractivity contribution is 7.85. The van der Waals surface area contributed by atoms with Gasteiger partial charge in [-0.15, -0.1) is 0 Å². The molecule has 0 aromatic carbocycles. The standard InChI is InChI=1S/C4H8F2O3S/c1-2-4(5,6)3-10(7,8)9/h2-3H2,1H3,(H,7,8,9)/p-1. The molecule has 62 valence electrons. The number of alkyl halides is 2. The van der Waals surface area contributed by atoms with E-state index in [9.17, 15) is 21.8 Å². The average molecular weight is 173 g/mol. The first kappa shape index (κ1) is 9.77. The van der Waals surface area contributed by atoms with Crippen LogP contribution < -0.4 is 0 Å². The smallest absolute Gasteiger partial charge is 0.260 e. The maximum Gasteiger partial charge on any atom is 0.260 e. The molecule has 0 aliphatic heterocycles. The molecule has 0 heterocycles. The fourth-order valence-corrected chi connectivity index (χ4v) is 1.08. The van der Waals surface area contributed by atoms with Gasteiger partial charge < -0.3 is 4.55 Å². The summed E-state index contributed by atoms with van der Waals surface area (Å²) in [5.41, 5.74) is 0. The zero-order valence-corrected chi connectivity index (χ0v) is 6.12. The fourth-order valence-electron chi connectivity index (χ4n) is 0.361. The van der Waals surface area contributed by atoms with Gasteiger partial charge in [-0.1, -0.05) is 6.92 Å². The second kappa shape index (κ2) is 2.79. The Balaban J connectivity index is 4.16. The molecule has 6 heteroatoms. The lowest BCUT2D eigenvalue weighted by Gasteiger charge is -2.15. The number of hydrogen-bond acceptors (Lipinski definition) is 3. The zero-order valence-electron chi connectivity index (χ0n) is 5.30. The number of halogens is 2. The summed E-state index contributed by atoms with van der Waals surface area (Å²) in [6, 6.07) is 0. The van der Waals surface area contributed by atoms with Crippen LogP contribution in [0.3, 0.4) is 0 Å². The molecule has 0 N–H and O–H groups in total. The van der Waals surface area contributed by atoms with Crippen LogP contribution in [-0.4, -0.2) is 24.6 Å². The van der Waals surface area contributed by atoms with E-state index >= 15 is 0 Å². The van der Waals surface area contributed by atoms with E-state index in [-0.39, 0.29) is 0 Å². The minimum absolute atomic E-state index is 0.630. The lowest BCUT2D eigenvalue weighted by Crippen LogP contribution is -2.26. The third-order valence-corrected chi connectivity index (χ3v) is 1.68. The van der Waals surface area contributed by atoms with Crippen LogP contribution in [0.5, 0.6) is 0 Å². The van der Waals surface area contributed by atoms with Crippen LogP contribution in [0, 0.1) is 0 Å². The lowest BCUT2D eigenvalue weighted by atomic mass is 10.3. The van der Waals surface area contributed by atoms with Crippen molar-refractivity contribution in [3.63, 3.8) is 0 Å². The van der Waals surface area contributed by atoms with Crippen LogP contribution in [-0.2, 0) is 10.1 Å². The Hall–Kier alpha value is -0.230. The Bertz CT molecular complexity index is 197. The first-order valence-corrected chi connectivity index (χ1v) is 4.16. The zero-order chi connectivity index (χ0) is 8.41. The van der Waals surface area contributed by atoms with E-state index in [0.29, 0.717) is 0 Å². The molecule has 0 radical (unpaired) electrons. The largest absolute Gasteiger partial charge is 0.748 e. The monoisotopic (exact) mass is 173 g/mol. The molecule has 0 saturated carbocycles. The first-order valence-electron chi connectivity index (χ1n) is 2.58. The molecule has 0 spiro atoms. The molecule has 0 aliphatic carbocycles. The SMILES string of the molecule is CCC(F)(F)CS(=O)(=O)[O-]. The molecule has 0 aromatic rings. The van der Waals surface area contributed by atoms with E-state index in [2.05, 4.69) is 0 Å². The highest BCUT2D eigenvalue weighted by atomic mass is 32.2. The first-order chi connectivity index (χ1) is 4.27. The summed E-state index contributed by atoms with van der Waals surface area (Å²) in [5.74, 6) is -4.98. The van der Waals surface area contributed by atoms with Crippen molar-refractivity contribution in [2.75, 3.05) is 5.75 Å². The molecule has 0 aliphatic rings. The van der Waals surface area contributed by atoms with Crippen molar-refractivity contribution >= 4 is 10.1 Å². The lowest BCUT2D eigenvalue weighted by molar-refractivity contribution is 0.0202. The predicted molar refractivity (Wildman–Crippen MR) is 29.8 cm³/mol. The van der Waals surface area contributed by atoms with Crippen LogP contribution >= 0.6 is 0 Å². The third kappa shape index (κ3) is 4.63. The number of rotatable bonds is 3. The Morgan fingerprint density at radius 2 is 1.90 bits per heavy atom. The molecular formula is C4H7F2O3S-. The van der Waals surface area contributed by atoms with Gasteiger partial charge in [-0.05, 0) is 0 Å².